The lowest BCUT2D eigenvalue weighted by Crippen LogP contribution is -3.00. The van der Waals surface area contributed by atoms with Gasteiger partial charge in [0.1, 0.15) is 11.0 Å². The average molecular weight is 733 g/mol. The van der Waals surface area contributed by atoms with Crippen LogP contribution in [0.3, 0.4) is 0 Å². The number of esters is 1. The topological polar surface area (TPSA) is 66.8 Å². The van der Waals surface area contributed by atoms with Crippen LogP contribution in [0.15, 0.2) is 84.9 Å². The third-order valence-electron chi connectivity index (χ3n) is 9.55. The van der Waals surface area contributed by atoms with Crippen molar-refractivity contribution in [2.75, 3.05) is 40.5 Å². The molecule has 0 aromatic heterocycles. The molecule has 1 saturated heterocycles. The van der Waals surface area contributed by atoms with Gasteiger partial charge in [-0.05, 0) is 49.1 Å². The van der Waals surface area contributed by atoms with Crippen LogP contribution in [0, 0.1) is 5.41 Å². The number of rotatable bonds is 11. The summed E-state index contributed by atoms with van der Waals surface area (Å²) in [6, 6.07) is 27.3. The maximum Gasteiger partial charge on any atom is 0.315 e. The van der Waals surface area contributed by atoms with Crippen molar-refractivity contribution in [3.8, 4) is 0 Å². The normalized spacial score (nSPS) is 20.3. The largest absolute Gasteiger partial charge is 1.00 e. The average Bonchev–Trinajstić information content (AvgIpc) is 3.02. The van der Waals surface area contributed by atoms with Gasteiger partial charge in [0, 0.05) is 38.4 Å². The van der Waals surface area contributed by atoms with E-state index in [-0.39, 0.29) is 42.6 Å². The van der Waals surface area contributed by atoms with Crippen molar-refractivity contribution < 1.29 is 47.9 Å². The molecule has 1 N–H and O–H groups in total. The lowest BCUT2D eigenvalue weighted by Gasteiger charge is -2.48. The summed E-state index contributed by atoms with van der Waals surface area (Å²) < 4.78 is 6.52. The molecule has 0 spiro atoms. The summed E-state index contributed by atoms with van der Waals surface area (Å²) in [6.45, 7) is 7.75. The van der Waals surface area contributed by atoms with Crippen LogP contribution in [0.2, 0.25) is 5.02 Å². The zero-order valence-corrected chi connectivity index (χ0v) is 29.5. The standard InChI is InChI=1S/C36H46ClN2O4.HI/c1-6-34(2,3)33(41)43-27-39(24-21-35(42,22-25-39)28-17-19-31(37)20-18-28)26-23-36(32(40)38(4)5,29-13-9-7-10-14-29)30-15-11-8-12-16-30;/h7-20,42H,6,21-27H2,1-5H3;1H/q+1;/p-1. The van der Waals surface area contributed by atoms with E-state index in [0.717, 1.165) is 16.7 Å². The van der Waals surface area contributed by atoms with Crippen molar-refractivity contribution in [3.05, 3.63) is 107 Å². The molecule has 0 bridgehead atoms. The van der Waals surface area contributed by atoms with Gasteiger partial charge >= 0.3 is 5.97 Å². The van der Waals surface area contributed by atoms with E-state index in [0.29, 0.717) is 54.8 Å². The highest BCUT2D eigenvalue weighted by Crippen LogP contribution is 2.41. The number of halogens is 2. The van der Waals surface area contributed by atoms with E-state index < -0.39 is 16.4 Å². The fourth-order valence-electron chi connectivity index (χ4n) is 6.12. The number of amides is 1. The Labute approximate surface area is 285 Å². The number of quaternary nitrogens is 1. The van der Waals surface area contributed by atoms with Crippen LogP contribution in [0.5, 0.6) is 0 Å². The third kappa shape index (κ3) is 7.66. The molecule has 238 valence electrons. The monoisotopic (exact) mass is 732 g/mol. The van der Waals surface area contributed by atoms with Crippen molar-refractivity contribution in [3.63, 3.8) is 0 Å². The molecule has 3 aromatic carbocycles. The van der Waals surface area contributed by atoms with Gasteiger partial charge in [0.05, 0.1) is 25.0 Å². The van der Waals surface area contributed by atoms with Gasteiger partial charge in [-0.2, -0.15) is 0 Å². The Kier molecular flexibility index (Phi) is 12.1. The number of aliphatic hydroxyl groups is 1. The maximum absolute atomic E-state index is 14.3. The second-order valence-electron chi connectivity index (χ2n) is 12.9. The van der Waals surface area contributed by atoms with Gasteiger partial charge in [0.15, 0.2) is 0 Å². The highest BCUT2D eigenvalue weighted by Gasteiger charge is 2.48. The van der Waals surface area contributed by atoms with Crippen LogP contribution in [-0.2, 0) is 25.3 Å². The summed E-state index contributed by atoms with van der Waals surface area (Å²) in [7, 11) is 3.60. The van der Waals surface area contributed by atoms with E-state index >= 15 is 0 Å². The molecule has 1 amide bonds. The number of carbonyl (C=O) groups excluding carboxylic acids is 2. The number of likely N-dealkylation sites (tertiary alicyclic amines) is 1. The van der Waals surface area contributed by atoms with Crippen molar-refractivity contribution in [1.82, 2.24) is 4.90 Å². The Bertz CT molecular complexity index is 1330. The minimum atomic E-state index is -1.01. The number of likely N-dealkylation sites (N-methyl/N-ethyl adjacent to an activating group) is 1. The van der Waals surface area contributed by atoms with Crippen LogP contribution in [0.4, 0.5) is 0 Å². The highest BCUT2D eigenvalue weighted by molar-refractivity contribution is 6.30. The number of piperidine rings is 1. The van der Waals surface area contributed by atoms with E-state index in [4.69, 9.17) is 16.3 Å². The van der Waals surface area contributed by atoms with E-state index in [2.05, 4.69) is 0 Å². The summed E-state index contributed by atoms with van der Waals surface area (Å²) in [5.41, 5.74) is 0.156. The maximum atomic E-state index is 14.3. The number of hydrogen-bond acceptors (Lipinski definition) is 4. The fraction of sp³-hybridized carbons (Fsp3) is 0.444. The molecule has 6 nitrogen and oxygen atoms in total. The molecule has 3 aromatic rings. The first-order valence-electron chi connectivity index (χ1n) is 15.2. The second-order valence-corrected chi connectivity index (χ2v) is 13.4. The quantitative estimate of drug-likeness (QED) is 0.186. The molecule has 44 heavy (non-hydrogen) atoms. The summed E-state index contributed by atoms with van der Waals surface area (Å²) in [5.74, 6) is -0.227. The number of benzene rings is 3. The van der Waals surface area contributed by atoms with Gasteiger partial charge < -0.3 is 38.7 Å². The molecule has 0 atom stereocenters. The van der Waals surface area contributed by atoms with E-state index in [1.807, 2.05) is 93.6 Å². The Morgan fingerprint density at radius 3 is 1.86 bits per heavy atom. The summed E-state index contributed by atoms with van der Waals surface area (Å²) in [6.07, 6.45) is 2.17. The molecule has 1 aliphatic rings. The van der Waals surface area contributed by atoms with Crippen LogP contribution in [0.25, 0.3) is 0 Å². The summed E-state index contributed by atoms with van der Waals surface area (Å²) in [4.78, 5) is 29.1. The van der Waals surface area contributed by atoms with Crippen LogP contribution < -0.4 is 24.0 Å². The predicted octanol–water partition coefficient (Wildman–Crippen LogP) is 3.54. The Balaban J connectivity index is 0.00000529. The lowest BCUT2D eigenvalue weighted by molar-refractivity contribution is -0.950. The number of nitrogens with zero attached hydrogens (tertiary/aromatic N) is 2. The molecule has 1 heterocycles. The lowest BCUT2D eigenvalue weighted by atomic mass is 9.70. The Morgan fingerprint density at radius 1 is 0.909 bits per heavy atom. The van der Waals surface area contributed by atoms with Crippen molar-refractivity contribution >= 4 is 23.5 Å². The van der Waals surface area contributed by atoms with Crippen molar-refractivity contribution in [1.29, 1.82) is 0 Å². The molecule has 0 saturated carbocycles. The molecular formula is C36H46ClIN2O4. The fourth-order valence-corrected chi connectivity index (χ4v) is 6.25. The third-order valence-corrected chi connectivity index (χ3v) is 9.80. The molecule has 0 unspecified atom stereocenters. The Morgan fingerprint density at radius 2 is 1.41 bits per heavy atom. The summed E-state index contributed by atoms with van der Waals surface area (Å²) in [5, 5.41) is 12.4. The zero-order valence-electron chi connectivity index (χ0n) is 26.6. The number of carbonyl (C=O) groups is 2. The van der Waals surface area contributed by atoms with Crippen molar-refractivity contribution in [2.24, 2.45) is 5.41 Å². The molecule has 1 fully saturated rings. The summed E-state index contributed by atoms with van der Waals surface area (Å²) >= 11 is 6.13. The van der Waals surface area contributed by atoms with Gasteiger partial charge in [-0.3, -0.25) is 14.1 Å². The second kappa shape index (κ2) is 14.8. The van der Waals surface area contributed by atoms with Gasteiger partial charge in [-0.25, -0.2) is 0 Å². The first kappa shape index (κ1) is 36.0. The first-order chi connectivity index (χ1) is 20.4. The van der Waals surface area contributed by atoms with E-state index in [1.54, 1.807) is 31.1 Å². The van der Waals surface area contributed by atoms with Gasteiger partial charge in [0.2, 0.25) is 12.6 Å². The van der Waals surface area contributed by atoms with E-state index in [9.17, 15) is 14.7 Å². The van der Waals surface area contributed by atoms with Gasteiger partial charge in [-0.1, -0.05) is 91.3 Å². The predicted molar refractivity (Wildman–Crippen MR) is 171 cm³/mol. The highest BCUT2D eigenvalue weighted by atomic mass is 127. The minimum absolute atomic E-state index is 0. The smallest absolute Gasteiger partial charge is 0.315 e. The Hall–Kier alpha value is -2.46. The first-order valence-corrected chi connectivity index (χ1v) is 15.6. The van der Waals surface area contributed by atoms with Gasteiger partial charge in [0.25, 0.3) is 0 Å². The SMILES string of the molecule is CCC(C)(C)C(=O)OC[N+]1(CCC(C(=O)N(C)C)(c2ccccc2)c2ccccc2)CCC(O)(c2ccc(Cl)cc2)CC1.[I-]. The molecule has 0 aliphatic carbocycles. The minimum Gasteiger partial charge on any atom is -1.00 e. The zero-order chi connectivity index (χ0) is 31.3. The van der Waals surface area contributed by atoms with Crippen molar-refractivity contribution in [2.45, 2.75) is 57.5 Å². The molecule has 1 aliphatic heterocycles. The number of hydrogen-bond donors (Lipinski definition) is 1. The number of ether oxygens (including phenoxy) is 1. The molecule has 4 rings (SSSR count). The van der Waals surface area contributed by atoms with Crippen LogP contribution >= 0.6 is 11.6 Å². The van der Waals surface area contributed by atoms with Crippen LogP contribution in [0.1, 0.15) is 63.1 Å². The van der Waals surface area contributed by atoms with Crippen LogP contribution in [-0.4, -0.2) is 66.8 Å². The van der Waals surface area contributed by atoms with E-state index in [1.165, 1.54) is 0 Å². The molecule has 8 heteroatoms. The molecule has 0 radical (unpaired) electrons. The molecular weight excluding hydrogens is 687 g/mol. The van der Waals surface area contributed by atoms with Gasteiger partial charge in [-0.15, -0.1) is 0 Å².